The Kier molecular flexibility index (Phi) is 4.43. The van der Waals surface area contributed by atoms with Crippen molar-refractivity contribution >= 4 is 11.7 Å². The van der Waals surface area contributed by atoms with Gasteiger partial charge in [-0.05, 0) is 36.3 Å². The van der Waals surface area contributed by atoms with Crippen LogP contribution in [-0.4, -0.2) is 22.6 Å². The van der Waals surface area contributed by atoms with Crippen molar-refractivity contribution < 1.29 is 14.3 Å². The molecule has 0 unspecified atom stereocenters. The van der Waals surface area contributed by atoms with E-state index in [2.05, 4.69) is 22.1 Å². The van der Waals surface area contributed by atoms with E-state index in [0.29, 0.717) is 11.5 Å². The van der Waals surface area contributed by atoms with Gasteiger partial charge in [0, 0.05) is 5.56 Å². The van der Waals surface area contributed by atoms with Gasteiger partial charge in [-0.2, -0.15) is 0 Å². The van der Waals surface area contributed by atoms with E-state index in [1.54, 1.807) is 18.2 Å². The minimum Gasteiger partial charge on any atom is -0.384 e. The molecule has 0 atom stereocenters. The number of amides is 1. The van der Waals surface area contributed by atoms with Crippen molar-refractivity contribution in [3.05, 3.63) is 59.5 Å². The summed E-state index contributed by atoms with van der Waals surface area (Å²) < 4.78 is 13.0. The number of nitrogens with zero attached hydrogens (tertiary/aromatic N) is 1. The molecular weight excluding hydrogens is 259 g/mol. The smallest absolute Gasteiger partial charge is 0.256 e. The zero-order valence-corrected chi connectivity index (χ0v) is 10.4. The van der Waals surface area contributed by atoms with Crippen LogP contribution in [0, 0.1) is 17.7 Å². The molecule has 0 radical (unpaired) electrons. The van der Waals surface area contributed by atoms with Crippen molar-refractivity contribution in [1.82, 2.24) is 4.98 Å². The van der Waals surface area contributed by atoms with E-state index in [9.17, 15) is 9.18 Å². The Morgan fingerprint density at radius 2 is 2.10 bits per heavy atom. The summed E-state index contributed by atoms with van der Waals surface area (Å²) >= 11 is 0. The topological polar surface area (TPSA) is 62.2 Å². The summed E-state index contributed by atoms with van der Waals surface area (Å²) in [4.78, 5) is 16.0. The molecule has 0 aliphatic heterocycles. The molecule has 0 aliphatic carbocycles. The average molecular weight is 270 g/mol. The summed E-state index contributed by atoms with van der Waals surface area (Å²) in [5.41, 5.74) is 0.634. The Balaban J connectivity index is 2.15. The van der Waals surface area contributed by atoms with Gasteiger partial charge in [-0.25, -0.2) is 9.37 Å². The van der Waals surface area contributed by atoms with E-state index in [1.807, 2.05) is 0 Å². The third kappa shape index (κ3) is 3.64. The number of carbonyl (C=O) groups excluding carboxylic acids is 1. The minimum absolute atomic E-state index is 0.207. The summed E-state index contributed by atoms with van der Waals surface area (Å²) in [6.45, 7) is -0.262. The minimum atomic E-state index is -0.479. The van der Waals surface area contributed by atoms with E-state index >= 15 is 0 Å². The molecule has 0 bridgehead atoms. The van der Waals surface area contributed by atoms with Crippen LogP contribution in [0.2, 0.25) is 0 Å². The van der Waals surface area contributed by atoms with Gasteiger partial charge in [0.2, 0.25) is 0 Å². The lowest BCUT2D eigenvalue weighted by molar-refractivity contribution is 0.102. The van der Waals surface area contributed by atoms with Crippen LogP contribution in [0.25, 0.3) is 0 Å². The van der Waals surface area contributed by atoms with Crippen LogP contribution >= 0.6 is 0 Å². The molecule has 100 valence electrons. The molecule has 1 aromatic carbocycles. The average Bonchev–Trinajstić information content (AvgIpc) is 2.45. The highest BCUT2D eigenvalue weighted by molar-refractivity contribution is 6.03. The van der Waals surface area contributed by atoms with E-state index in [-0.39, 0.29) is 12.2 Å². The van der Waals surface area contributed by atoms with Gasteiger partial charge in [0.05, 0.1) is 0 Å². The van der Waals surface area contributed by atoms with Crippen LogP contribution in [-0.2, 0) is 0 Å². The third-order valence-electron chi connectivity index (χ3n) is 2.37. The maximum Gasteiger partial charge on any atom is 0.256 e. The number of hydrogen-bond acceptors (Lipinski definition) is 3. The molecule has 2 rings (SSSR count). The van der Waals surface area contributed by atoms with Crippen LogP contribution < -0.4 is 5.32 Å². The molecule has 1 aromatic heterocycles. The molecule has 0 spiro atoms. The molecule has 20 heavy (non-hydrogen) atoms. The molecule has 5 heteroatoms. The van der Waals surface area contributed by atoms with E-state index in [0.717, 1.165) is 6.07 Å². The third-order valence-corrected chi connectivity index (χ3v) is 2.37. The highest BCUT2D eigenvalue weighted by Crippen LogP contribution is 2.09. The Morgan fingerprint density at radius 3 is 2.85 bits per heavy atom. The van der Waals surface area contributed by atoms with Crippen molar-refractivity contribution in [1.29, 1.82) is 0 Å². The van der Waals surface area contributed by atoms with Crippen LogP contribution in [0.15, 0.2) is 42.5 Å². The molecule has 0 aliphatic rings. The van der Waals surface area contributed by atoms with Crippen LogP contribution in [0.5, 0.6) is 0 Å². The summed E-state index contributed by atoms with van der Waals surface area (Å²) in [6.07, 6.45) is 0. The van der Waals surface area contributed by atoms with Gasteiger partial charge in [0.1, 0.15) is 23.9 Å². The van der Waals surface area contributed by atoms with Gasteiger partial charge >= 0.3 is 0 Å². The molecule has 2 aromatic rings. The Morgan fingerprint density at radius 1 is 1.30 bits per heavy atom. The second-order valence-corrected chi connectivity index (χ2v) is 3.83. The number of aliphatic hydroxyl groups excluding tert-OH is 1. The summed E-state index contributed by atoms with van der Waals surface area (Å²) in [5.74, 6) is 4.48. The van der Waals surface area contributed by atoms with Gasteiger partial charge in [-0.15, -0.1) is 0 Å². The zero-order valence-electron chi connectivity index (χ0n) is 10.4. The van der Waals surface area contributed by atoms with Crippen molar-refractivity contribution in [2.24, 2.45) is 0 Å². The second kappa shape index (κ2) is 6.45. The number of carbonyl (C=O) groups is 1. The van der Waals surface area contributed by atoms with Crippen LogP contribution in [0.1, 0.15) is 16.1 Å². The number of hydrogen-bond donors (Lipinski definition) is 2. The number of anilines is 1. The van der Waals surface area contributed by atoms with Crippen molar-refractivity contribution in [2.45, 2.75) is 0 Å². The largest absolute Gasteiger partial charge is 0.384 e. The van der Waals surface area contributed by atoms with Crippen molar-refractivity contribution in [3.63, 3.8) is 0 Å². The number of nitrogens with one attached hydrogen (secondary N) is 1. The number of rotatable bonds is 2. The second-order valence-electron chi connectivity index (χ2n) is 3.83. The van der Waals surface area contributed by atoms with Crippen molar-refractivity contribution in [3.8, 4) is 11.8 Å². The maximum atomic E-state index is 13.0. The molecule has 1 heterocycles. The predicted octanol–water partition coefficient (Wildman–Crippen LogP) is 1.82. The van der Waals surface area contributed by atoms with E-state index in [4.69, 9.17) is 5.11 Å². The van der Waals surface area contributed by atoms with Crippen LogP contribution in [0.3, 0.4) is 0 Å². The normalized spacial score (nSPS) is 9.50. The van der Waals surface area contributed by atoms with Gasteiger partial charge in [0.25, 0.3) is 5.91 Å². The zero-order chi connectivity index (χ0) is 14.4. The fourth-order valence-electron chi connectivity index (χ4n) is 1.52. The first-order valence-corrected chi connectivity index (χ1v) is 5.83. The lowest BCUT2D eigenvalue weighted by atomic mass is 10.2. The van der Waals surface area contributed by atoms with Crippen LogP contribution in [0.4, 0.5) is 10.2 Å². The number of pyridine rings is 1. The van der Waals surface area contributed by atoms with Gasteiger partial charge in [-0.3, -0.25) is 4.79 Å². The van der Waals surface area contributed by atoms with Gasteiger partial charge in [0.15, 0.2) is 0 Å². The van der Waals surface area contributed by atoms with Crippen molar-refractivity contribution in [2.75, 3.05) is 11.9 Å². The summed E-state index contributed by atoms with van der Waals surface area (Å²) in [7, 11) is 0. The first-order chi connectivity index (χ1) is 9.69. The Labute approximate surface area is 115 Å². The molecule has 1 amide bonds. The highest BCUT2D eigenvalue weighted by atomic mass is 19.1. The number of aromatic nitrogens is 1. The fraction of sp³-hybridized carbons (Fsp3) is 0.0667. The molecule has 0 fully saturated rings. The number of aliphatic hydroxyl groups is 1. The highest BCUT2D eigenvalue weighted by Gasteiger charge is 2.07. The fourth-order valence-corrected chi connectivity index (χ4v) is 1.52. The van der Waals surface area contributed by atoms with E-state index < -0.39 is 11.7 Å². The quantitative estimate of drug-likeness (QED) is 0.818. The molecule has 0 saturated heterocycles. The molecule has 0 saturated carbocycles. The monoisotopic (exact) mass is 270 g/mol. The predicted molar refractivity (Wildman–Crippen MR) is 72.6 cm³/mol. The summed E-state index contributed by atoms with van der Waals surface area (Å²) in [5, 5.41) is 11.2. The first-order valence-electron chi connectivity index (χ1n) is 5.83. The van der Waals surface area contributed by atoms with Gasteiger partial charge in [-0.1, -0.05) is 18.1 Å². The molecule has 4 nitrogen and oxygen atoms in total. The first kappa shape index (κ1) is 13.7. The number of halogens is 1. The van der Waals surface area contributed by atoms with Gasteiger partial charge < -0.3 is 10.4 Å². The summed E-state index contributed by atoms with van der Waals surface area (Å²) in [6, 6.07) is 10.3. The van der Waals surface area contributed by atoms with E-state index in [1.165, 1.54) is 18.2 Å². The standard InChI is InChI=1S/C15H11FN2O2/c16-12-5-1-4-11(10-12)15(20)18-14-8-2-6-13(17-14)7-3-9-19/h1-2,4-6,8,10,19H,9H2,(H,17,18,20). The lowest BCUT2D eigenvalue weighted by Crippen LogP contribution is -2.13. The SMILES string of the molecule is O=C(Nc1cccc(C#CCO)n1)c1cccc(F)c1. The number of benzene rings is 1. The molecule has 2 N–H and O–H groups in total. The lowest BCUT2D eigenvalue weighted by Gasteiger charge is -2.04. The Hall–Kier alpha value is -2.71. The molecular formula is C15H11FN2O2. The maximum absolute atomic E-state index is 13.0. The Bertz CT molecular complexity index is 690.